The molecule has 0 aliphatic rings. The van der Waals surface area contributed by atoms with Gasteiger partial charge in [-0.3, -0.25) is 0 Å². The van der Waals surface area contributed by atoms with E-state index in [0.717, 1.165) is 11.3 Å². The third kappa shape index (κ3) is 3.46. The van der Waals surface area contributed by atoms with Crippen LogP contribution in [0.1, 0.15) is 5.56 Å². The molecule has 2 aromatic carbocycles. The Morgan fingerprint density at radius 2 is 1.67 bits per heavy atom. The monoisotopic (exact) mass is 265 g/mol. The van der Waals surface area contributed by atoms with Crippen LogP contribution in [0.15, 0.2) is 42.5 Å². The fraction of sp³-hybridized carbons (Fsp3) is 0.0769. The number of hydrogen-bond donors (Lipinski definition) is 4. The number of nitrogens with two attached hydrogens (primary N) is 2. The lowest BCUT2D eigenvalue weighted by molar-refractivity contribution is 0.475. The Bertz CT molecular complexity index is 514. The van der Waals surface area contributed by atoms with E-state index >= 15 is 0 Å². The van der Waals surface area contributed by atoms with Crippen molar-refractivity contribution in [2.45, 2.75) is 6.54 Å². The summed E-state index contributed by atoms with van der Waals surface area (Å²) in [5.74, 6) is 0.249. The van der Waals surface area contributed by atoms with Crippen LogP contribution >= 0.6 is 12.4 Å². The first-order valence-electron chi connectivity index (χ1n) is 5.32. The van der Waals surface area contributed by atoms with Crippen molar-refractivity contribution in [3.05, 3.63) is 48.0 Å². The van der Waals surface area contributed by atoms with Gasteiger partial charge >= 0.3 is 0 Å². The summed E-state index contributed by atoms with van der Waals surface area (Å²) in [5, 5.41) is 12.4. The number of benzene rings is 2. The van der Waals surface area contributed by atoms with Crippen LogP contribution in [0.25, 0.3) is 0 Å². The number of anilines is 3. The molecule has 0 aromatic heterocycles. The van der Waals surface area contributed by atoms with E-state index in [2.05, 4.69) is 5.32 Å². The quantitative estimate of drug-likeness (QED) is 0.508. The average molecular weight is 266 g/mol. The van der Waals surface area contributed by atoms with Crippen LogP contribution in [-0.2, 0) is 6.54 Å². The zero-order valence-corrected chi connectivity index (χ0v) is 10.6. The maximum Gasteiger partial charge on any atom is 0.115 e. The first-order valence-corrected chi connectivity index (χ1v) is 5.32. The van der Waals surface area contributed by atoms with E-state index in [1.54, 1.807) is 36.4 Å². The molecular formula is C13H16ClN3O. The van der Waals surface area contributed by atoms with E-state index < -0.39 is 0 Å². The number of halogens is 1. The maximum absolute atomic E-state index is 9.16. The van der Waals surface area contributed by atoms with E-state index in [1.165, 1.54) is 0 Å². The van der Waals surface area contributed by atoms with Crippen LogP contribution in [0.2, 0.25) is 0 Å². The molecule has 18 heavy (non-hydrogen) atoms. The molecular weight excluding hydrogens is 250 g/mol. The standard InChI is InChI=1S/C13H15N3O.ClH/c14-10-1-6-13(15)9(7-10)8-16-11-2-4-12(17)5-3-11;/h1-7,16-17H,8,14-15H2;1H. The zero-order chi connectivity index (χ0) is 12.3. The minimum atomic E-state index is 0. The van der Waals surface area contributed by atoms with Crippen molar-refractivity contribution in [3.63, 3.8) is 0 Å². The van der Waals surface area contributed by atoms with Crippen molar-refractivity contribution in [1.29, 1.82) is 0 Å². The van der Waals surface area contributed by atoms with Crippen molar-refractivity contribution in [1.82, 2.24) is 0 Å². The molecule has 0 heterocycles. The summed E-state index contributed by atoms with van der Waals surface area (Å²) in [6.45, 7) is 0.599. The van der Waals surface area contributed by atoms with E-state index in [0.29, 0.717) is 17.9 Å². The Morgan fingerprint density at radius 1 is 1.00 bits per heavy atom. The lowest BCUT2D eigenvalue weighted by Crippen LogP contribution is -2.03. The predicted molar refractivity (Wildman–Crippen MR) is 77.9 cm³/mol. The molecule has 4 nitrogen and oxygen atoms in total. The highest BCUT2D eigenvalue weighted by molar-refractivity contribution is 5.85. The van der Waals surface area contributed by atoms with Crippen molar-refractivity contribution in [2.24, 2.45) is 0 Å². The lowest BCUT2D eigenvalue weighted by atomic mass is 10.1. The summed E-state index contributed by atoms with van der Waals surface area (Å²) in [6, 6.07) is 12.3. The highest BCUT2D eigenvalue weighted by atomic mass is 35.5. The molecule has 5 heteroatoms. The number of aromatic hydroxyl groups is 1. The number of phenols is 1. The topological polar surface area (TPSA) is 84.3 Å². The van der Waals surface area contributed by atoms with Crippen LogP contribution in [0.3, 0.4) is 0 Å². The first kappa shape index (κ1) is 14.0. The SMILES string of the molecule is Cl.Nc1ccc(N)c(CNc2ccc(O)cc2)c1. The van der Waals surface area contributed by atoms with Gasteiger partial charge in [-0.2, -0.15) is 0 Å². The van der Waals surface area contributed by atoms with E-state index in [9.17, 15) is 0 Å². The Balaban J connectivity index is 0.00000162. The normalized spacial score (nSPS) is 9.56. The van der Waals surface area contributed by atoms with Gasteiger partial charge < -0.3 is 21.9 Å². The van der Waals surface area contributed by atoms with E-state index in [4.69, 9.17) is 16.6 Å². The summed E-state index contributed by atoms with van der Waals surface area (Å²) in [6.07, 6.45) is 0. The molecule has 2 aromatic rings. The molecule has 0 bridgehead atoms. The maximum atomic E-state index is 9.16. The highest BCUT2D eigenvalue weighted by Gasteiger charge is 2.00. The summed E-state index contributed by atoms with van der Waals surface area (Å²) in [5.41, 5.74) is 14.8. The molecule has 0 unspecified atom stereocenters. The first-order chi connectivity index (χ1) is 8.15. The van der Waals surface area contributed by atoms with Gasteiger partial charge in [-0.05, 0) is 48.0 Å². The molecule has 0 atom stereocenters. The minimum absolute atomic E-state index is 0. The minimum Gasteiger partial charge on any atom is -0.508 e. The summed E-state index contributed by atoms with van der Waals surface area (Å²) in [7, 11) is 0. The zero-order valence-electron chi connectivity index (χ0n) is 9.76. The molecule has 0 aliphatic carbocycles. The van der Waals surface area contributed by atoms with Crippen molar-refractivity contribution in [3.8, 4) is 5.75 Å². The number of rotatable bonds is 3. The van der Waals surface area contributed by atoms with Gasteiger partial charge in [-0.15, -0.1) is 12.4 Å². The Kier molecular flexibility index (Phi) is 4.68. The van der Waals surface area contributed by atoms with Gasteiger partial charge in [0.25, 0.3) is 0 Å². The third-order valence-electron chi connectivity index (χ3n) is 2.52. The van der Waals surface area contributed by atoms with Crippen molar-refractivity contribution in [2.75, 3.05) is 16.8 Å². The van der Waals surface area contributed by atoms with Crippen LogP contribution < -0.4 is 16.8 Å². The van der Waals surface area contributed by atoms with Gasteiger partial charge in [-0.1, -0.05) is 0 Å². The molecule has 0 amide bonds. The van der Waals surface area contributed by atoms with Crippen LogP contribution in [-0.4, -0.2) is 5.11 Å². The molecule has 2 rings (SSSR count). The molecule has 6 N–H and O–H groups in total. The second-order valence-electron chi connectivity index (χ2n) is 3.86. The lowest BCUT2D eigenvalue weighted by Gasteiger charge is -2.09. The summed E-state index contributed by atoms with van der Waals surface area (Å²) < 4.78 is 0. The smallest absolute Gasteiger partial charge is 0.115 e. The van der Waals surface area contributed by atoms with Gasteiger partial charge in [0, 0.05) is 23.6 Å². The number of phenolic OH excluding ortho intramolecular Hbond substituents is 1. The summed E-state index contributed by atoms with van der Waals surface area (Å²) in [4.78, 5) is 0. The molecule has 0 radical (unpaired) electrons. The number of nitrogens with one attached hydrogen (secondary N) is 1. The van der Waals surface area contributed by atoms with Gasteiger partial charge in [0.1, 0.15) is 5.75 Å². The molecule has 0 saturated carbocycles. The van der Waals surface area contributed by atoms with Gasteiger partial charge in [0.2, 0.25) is 0 Å². The van der Waals surface area contributed by atoms with Crippen LogP contribution in [0, 0.1) is 0 Å². The second kappa shape index (κ2) is 6.02. The fourth-order valence-electron chi connectivity index (χ4n) is 1.56. The molecule has 0 aliphatic heterocycles. The van der Waals surface area contributed by atoms with E-state index in [1.807, 2.05) is 6.07 Å². The largest absolute Gasteiger partial charge is 0.508 e. The number of hydrogen-bond acceptors (Lipinski definition) is 4. The number of nitrogen functional groups attached to an aromatic ring is 2. The molecule has 0 fully saturated rings. The third-order valence-corrected chi connectivity index (χ3v) is 2.52. The fourth-order valence-corrected chi connectivity index (χ4v) is 1.56. The summed E-state index contributed by atoms with van der Waals surface area (Å²) >= 11 is 0. The van der Waals surface area contributed by atoms with Gasteiger partial charge in [-0.25, -0.2) is 0 Å². The van der Waals surface area contributed by atoms with Crippen LogP contribution in [0.4, 0.5) is 17.1 Å². The Morgan fingerprint density at radius 3 is 2.33 bits per heavy atom. The Labute approximate surface area is 112 Å². The second-order valence-corrected chi connectivity index (χ2v) is 3.86. The van der Waals surface area contributed by atoms with Crippen molar-refractivity contribution < 1.29 is 5.11 Å². The molecule has 0 spiro atoms. The van der Waals surface area contributed by atoms with Gasteiger partial charge in [0.05, 0.1) is 0 Å². The van der Waals surface area contributed by atoms with E-state index in [-0.39, 0.29) is 18.2 Å². The van der Waals surface area contributed by atoms with Crippen LogP contribution in [0.5, 0.6) is 5.75 Å². The predicted octanol–water partition coefficient (Wildman–Crippen LogP) is 2.59. The Hall–Kier alpha value is -2.07. The van der Waals surface area contributed by atoms with Crippen molar-refractivity contribution >= 4 is 29.5 Å². The average Bonchev–Trinajstić information content (AvgIpc) is 2.32. The molecule has 96 valence electrons. The highest BCUT2D eigenvalue weighted by Crippen LogP contribution is 2.18. The molecule has 0 saturated heterocycles. The van der Waals surface area contributed by atoms with Gasteiger partial charge in [0.15, 0.2) is 0 Å².